The van der Waals surface area contributed by atoms with Crippen molar-refractivity contribution < 1.29 is 39.3 Å². The summed E-state index contributed by atoms with van der Waals surface area (Å²) in [6, 6.07) is 9.87. The molecule has 0 saturated heterocycles. The van der Waals surface area contributed by atoms with Crippen LogP contribution in [0.5, 0.6) is 17.2 Å². The number of benzene rings is 2. The van der Waals surface area contributed by atoms with Crippen molar-refractivity contribution in [3.05, 3.63) is 47.0 Å². The summed E-state index contributed by atoms with van der Waals surface area (Å²) >= 11 is 0. The van der Waals surface area contributed by atoms with Crippen molar-refractivity contribution in [3.63, 3.8) is 0 Å². The zero-order valence-corrected chi connectivity index (χ0v) is 25.0. The fraction of sp³-hybridized carbons (Fsp3) is 0.567. The Morgan fingerprint density at radius 1 is 0.778 bits per heavy atom. The van der Waals surface area contributed by atoms with Crippen molar-refractivity contribution in [2.45, 2.75) is 74.7 Å². The molecular formula is C30H46LiO4P. The van der Waals surface area contributed by atoms with Crippen molar-refractivity contribution in [2.75, 3.05) is 19.8 Å². The van der Waals surface area contributed by atoms with E-state index < -0.39 is 0 Å². The molecule has 0 saturated carbocycles. The van der Waals surface area contributed by atoms with Crippen LogP contribution >= 0.6 is 8.58 Å². The maximum atomic E-state index is 13.5. The minimum atomic E-state index is -0.0921. The molecule has 4 nitrogen and oxygen atoms in total. The molecular weight excluding hydrogens is 462 g/mol. The number of aryl methyl sites for hydroxylation is 2. The minimum absolute atomic E-state index is 0. The maximum Gasteiger partial charge on any atom is 1.00 e. The van der Waals surface area contributed by atoms with E-state index in [2.05, 4.69) is 41.5 Å². The van der Waals surface area contributed by atoms with Crippen molar-refractivity contribution in [3.8, 4) is 17.2 Å². The monoisotopic (exact) mass is 508 g/mol. The normalized spacial score (nSPS) is 11.4. The van der Waals surface area contributed by atoms with Gasteiger partial charge in [0.2, 0.25) is 0 Å². The van der Waals surface area contributed by atoms with E-state index in [-0.39, 0.29) is 34.4 Å². The van der Waals surface area contributed by atoms with Crippen molar-refractivity contribution in [1.29, 1.82) is 0 Å². The topological polar surface area (TPSA) is 44.8 Å². The molecule has 36 heavy (non-hydrogen) atoms. The molecule has 2 aromatic carbocycles. The summed E-state index contributed by atoms with van der Waals surface area (Å²) in [6.07, 6.45) is 2.85. The van der Waals surface area contributed by atoms with Crippen LogP contribution in [-0.2, 0) is 0 Å². The average molecular weight is 509 g/mol. The van der Waals surface area contributed by atoms with E-state index in [1.807, 2.05) is 44.2 Å². The summed E-state index contributed by atoms with van der Waals surface area (Å²) in [5, 5.41) is 0.835. The maximum absolute atomic E-state index is 13.5. The van der Waals surface area contributed by atoms with Gasteiger partial charge in [-0.05, 0) is 70.6 Å². The van der Waals surface area contributed by atoms with Gasteiger partial charge in [0.1, 0.15) is 17.2 Å². The molecule has 0 heterocycles. The van der Waals surface area contributed by atoms with Crippen LogP contribution in [0.2, 0.25) is 0 Å². The standard InChI is InChI=1S/C30H45O4P.Li.H/c1-20(2)12-15-32-25-18-26(33-16-13-21(3)4)29(27(19-25)34-17-14-22(5)6)35-30(31)28-23(7)10-9-11-24(28)8;;/h9-11,18-22,35H,12-17H2,1-8H3;;/q;+1;-1. The molecule has 0 amide bonds. The first-order chi connectivity index (χ1) is 16.6. The van der Waals surface area contributed by atoms with Crippen LogP contribution in [0.3, 0.4) is 0 Å². The van der Waals surface area contributed by atoms with Gasteiger partial charge >= 0.3 is 18.9 Å². The van der Waals surface area contributed by atoms with Gasteiger partial charge in [0.25, 0.3) is 0 Å². The molecule has 1 unspecified atom stereocenters. The number of rotatable bonds is 15. The Morgan fingerprint density at radius 3 is 1.61 bits per heavy atom. The van der Waals surface area contributed by atoms with Crippen LogP contribution in [0.1, 0.15) is 83.7 Å². The average Bonchev–Trinajstić information content (AvgIpc) is 2.75. The van der Waals surface area contributed by atoms with Gasteiger partial charge in [-0.15, -0.1) is 0 Å². The smallest absolute Gasteiger partial charge is 1.00 e. The molecule has 0 spiro atoms. The summed E-state index contributed by atoms with van der Waals surface area (Å²) in [6.45, 7) is 18.9. The summed E-state index contributed by atoms with van der Waals surface area (Å²) < 4.78 is 18.6. The molecule has 0 bridgehead atoms. The van der Waals surface area contributed by atoms with Crippen LogP contribution < -0.4 is 38.4 Å². The summed E-state index contributed by atoms with van der Waals surface area (Å²) in [5.41, 5.74) is 2.90. The van der Waals surface area contributed by atoms with Crippen LogP contribution in [-0.4, -0.2) is 25.3 Å². The third kappa shape index (κ3) is 10.9. The van der Waals surface area contributed by atoms with E-state index in [9.17, 15) is 4.79 Å². The van der Waals surface area contributed by atoms with Crippen LogP contribution in [0.25, 0.3) is 0 Å². The zero-order chi connectivity index (χ0) is 26.0. The molecule has 0 fully saturated rings. The second-order valence-corrected chi connectivity index (χ2v) is 11.8. The van der Waals surface area contributed by atoms with Crippen molar-refractivity contribution >= 4 is 19.4 Å². The molecule has 0 aliphatic rings. The second-order valence-electron chi connectivity index (χ2n) is 10.6. The Hall–Kier alpha value is -1.46. The Labute approximate surface area is 234 Å². The predicted octanol–water partition coefficient (Wildman–Crippen LogP) is 4.84. The van der Waals surface area contributed by atoms with Gasteiger partial charge in [-0.2, -0.15) is 0 Å². The molecule has 0 N–H and O–H groups in total. The molecule has 196 valence electrons. The quantitative estimate of drug-likeness (QED) is 0.255. The summed E-state index contributed by atoms with van der Waals surface area (Å²) in [7, 11) is -0.0921. The van der Waals surface area contributed by atoms with Gasteiger partial charge in [0.15, 0.2) is 5.52 Å². The van der Waals surface area contributed by atoms with E-state index in [1.54, 1.807) is 0 Å². The van der Waals surface area contributed by atoms with E-state index in [1.165, 1.54) is 0 Å². The van der Waals surface area contributed by atoms with E-state index in [4.69, 9.17) is 14.2 Å². The van der Waals surface area contributed by atoms with Crippen LogP contribution in [0, 0.1) is 31.6 Å². The fourth-order valence-electron chi connectivity index (χ4n) is 3.57. The van der Waals surface area contributed by atoms with Crippen LogP contribution in [0.15, 0.2) is 30.3 Å². The molecule has 1 atom stereocenters. The van der Waals surface area contributed by atoms with E-state index in [0.29, 0.717) is 49.1 Å². The number of hydrogen-bond acceptors (Lipinski definition) is 4. The Balaban J connectivity index is 0.00000648. The van der Waals surface area contributed by atoms with Crippen molar-refractivity contribution in [2.24, 2.45) is 17.8 Å². The number of hydrogen-bond donors (Lipinski definition) is 0. The van der Waals surface area contributed by atoms with Gasteiger partial charge < -0.3 is 15.6 Å². The Morgan fingerprint density at radius 2 is 1.19 bits per heavy atom. The number of carbonyl (C=O) groups excluding carboxylic acids is 1. The largest absolute Gasteiger partial charge is 1.00 e. The Bertz CT molecular complexity index is 907. The first kappa shape index (κ1) is 32.6. The minimum Gasteiger partial charge on any atom is -1.00 e. The first-order valence-corrected chi connectivity index (χ1v) is 14.0. The van der Waals surface area contributed by atoms with Gasteiger partial charge in [0, 0.05) is 17.7 Å². The van der Waals surface area contributed by atoms with Crippen molar-refractivity contribution in [1.82, 2.24) is 0 Å². The molecule has 0 aliphatic carbocycles. The number of ether oxygens (including phenoxy) is 3. The summed E-state index contributed by atoms with van der Waals surface area (Å²) in [5.74, 6) is 3.76. The SMILES string of the molecule is Cc1cccc(C)c1C(=O)Pc1c(OCCC(C)C)cc(OCCC(C)C)cc1OCCC(C)C.[H-].[Li+]. The Kier molecular flexibility index (Phi) is 14.8. The van der Waals surface area contributed by atoms with Gasteiger partial charge in [-0.25, -0.2) is 0 Å². The third-order valence-corrected chi connectivity index (χ3v) is 7.08. The molecule has 0 aromatic heterocycles. The fourth-order valence-corrected chi connectivity index (χ4v) is 4.85. The zero-order valence-electron chi connectivity index (χ0n) is 25.0. The number of carbonyl (C=O) groups is 1. The van der Waals surface area contributed by atoms with Gasteiger partial charge in [-0.1, -0.05) is 59.7 Å². The second kappa shape index (κ2) is 16.4. The van der Waals surface area contributed by atoms with E-state index in [0.717, 1.165) is 47.0 Å². The van der Waals surface area contributed by atoms with E-state index >= 15 is 0 Å². The van der Waals surface area contributed by atoms with Crippen LogP contribution in [0.4, 0.5) is 0 Å². The molecule has 0 radical (unpaired) electrons. The van der Waals surface area contributed by atoms with Gasteiger partial charge in [-0.3, -0.25) is 4.79 Å². The predicted molar refractivity (Wildman–Crippen MR) is 151 cm³/mol. The molecule has 0 aliphatic heterocycles. The summed E-state index contributed by atoms with van der Waals surface area (Å²) in [4.78, 5) is 13.5. The first-order valence-electron chi connectivity index (χ1n) is 13.0. The van der Waals surface area contributed by atoms with Gasteiger partial charge in [0.05, 0.1) is 25.1 Å². The molecule has 2 rings (SSSR count). The molecule has 6 heteroatoms. The third-order valence-electron chi connectivity index (χ3n) is 5.86. The molecule has 2 aromatic rings.